The summed E-state index contributed by atoms with van der Waals surface area (Å²) in [6, 6.07) is 1.12. The Kier molecular flexibility index (Phi) is 5.64. The minimum absolute atomic E-state index is 0.00114. The molecule has 0 fully saturated rings. The fourth-order valence-corrected chi connectivity index (χ4v) is 2.58. The monoisotopic (exact) mass is 346 g/mol. The zero-order valence-electron chi connectivity index (χ0n) is 14.5. The van der Waals surface area contributed by atoms with Crippen LogP contribution in [0.1, 0.15) is 66.0 Å². The van der Waals surface area contributed by atoms with Crippen molar-refractivity contribution in [3.8, 4) is 11.5 Å². The molecule has 1 aromatic carbocycles. The first-order valence-electron chi connectivity index (χ1n) is 8.11. The van der Waals surface area contributed by atoms with Crippen molar-refractivity contribution in [2.75, 3.05) is 6.61 Å². The van der Waals surface area contributed by atoms with E-state index in [4.69, 9.17) is 4.74 Å². The number of hydrogen-bond donors (Lipinski definition) is 3. The molecule has 134 valence electrons. The van der Waals surface area contributed by atoms with Gasteiger partial charge in [-0.05, 0) is 32.8 Å². The number of benzene rings is 1. The summed E-state index contributed by atoms with van der Waals surface area (Å²) in [5, 5.41) is 30.9. The third-order valence-corrected chi connectivity index (χ3v) is 3.84. The number of aliphatic hydroxyl groups excluding tert-OH is 1. The lowest BCUT2D eigenvalue weighted by atomic mass is 9.88. The highest BCUT2D eigenvalue weighted by Gasteiger charge is 2.34. The zero-order valence-corrected chi connectivity index (χ0v) is 14.5. The number of carbonyl (C=O) groups is 2. The molecule has 0 saturated carbocycles. The second-order valence-electron chi connectivity index (χ2n) is 6.17. The van der Waals surface area contributed by atoms with Gasteiger partial charge in [0.1, 0.15) is 11.5 Å². The molecule has 2 rings (SSSR count). The Morgan fingerprint density at radius 3 is 2.52 bits per heavy atom. The van der Waals surface area contributed by atoms with E-state index in [9.17, 15) is 24.9 Å². The standard InChI is InChI=1S/C19H22O6/c1-4-7-25-15-9-14(22)16-17(19(15)24)13(21)8-11(18(16)23)12(20)6-5-10(2)3/h5,8-9,12,20-21,23H,4,6-7H2,1-3H3/t12-/m1/s1. The lowest BCUT2D eigenvalue weighted by Gasteiger charge is -2.21. The quantitative estimate of drug-likeness (QED) is 0.540. The first-order chi connectivity index (χ1) is 11.8. The van der Waals surface area contributed by atoms with Crippen LogP contribution in [0.2, 0.25) is 0 Å². The van der Waals surface area contributed by atoms with Gasteiger partial charge in [-0.3, -0.25) is 9.59 Å². The van der Waals surface area contributed by atoms with Gasteiger partial charge in [0.15, 0.2) is 11.5 Å². The molecule has 1 atom stereocenters. The van der Waals surface area contributed by atoms with Gasteiger partial charge in [0.2, 0.25) is 5.78 Å². The van der Waals surface area contributed by atoms with Crippen molar-refractivity contribution in [1.29, 1.82) is 0 Å². The van der Waals surface area contributed by atoms with Gasteiger partial charge in [-0.2, -0.15) is 0 Å². The molecule has 25 heavy (non-hydrogen) atoms. The van der Waals surface area contributed by atoms with Crippen LogP contribution in [0, 0.1) is 0 Å². The molecule has 1 aliphatic carbocycles. The number of allylic oxidation sites excluding steroid dienone is 3. The molecule has 0 heterocycles. The van der Waals surface area contributed by atoms with Crippen LogP contribution in [-0.4, -0.2) is 33.5 Å². The number of Topliss-reactive ketones (excluding diaryl/α,β-unsaturated/α-hetero) is 1. The van der Waals surface area contributed by atoms with Crippen molar-refractivity contribution in [3.05, 3.63) is 46.2 Å². The molecular formula is C19H22O6. The van der Waals surface area contributed by atoms with Gasteiger partial charge in [-0.25, -0.2) is 0 Å². The third-order valence-electron chi connectivity index (χ3n) is 3.84. The Morgan fingerprint density at radius 2 is 1.92 bits per heavy atom. The summed E-state index contributed by atoms with van der Waals surface area (Å²) in [7, 11) is 0. The number of carbonyl (C=O) groups excluding carboxylic acids is 2. The lowest BCUT2D eigenvalue weighted by Crippen LogP contribution is -2.20. The van der Waals surface area contributed by atoms with Gasteiger partial charge in [0.05, 0.1) is 23.8 Å². The van der Waals surface area contributed by atoms with Crippen LogP contribution in [0.25, 0.3) is 0 Å². The van der Waals surface area contributed by atoms with Crippen molar-refractivity contribution >= 4 is 11.6 Å². The van der Waals surface area contributed by atoms with Crippen LogP contribution in [0.5, 0.6) is 11.5 Å². The highest BCUT2D eigenvalue weighted by atomic mass is 16.5. The number of fused-ring (bicyclic) bond motifs is 1. The van der Waals surface area contributed by atoms with Gasteiger partial charge in [-0.1, -0.05) is 18.6 Å². The van der Waals surface area contributed by atoms with Crippen molar-refractivity contribution in [2.45, 2.75) is 39.7 Å². The molecule has 0 bridgehead atoms. The lowest BCUT2D eigenvalue weighted by molar-refractivity contribution is 0.0877. The van der Waals surface area contributed by atoms with E-state index in [1.165, 1.54) is 0 Å². The van der Waals surface area contributed by atoms with E-state index >= 15 is 0 Å². The summed E-state index contributed by atoms with van der Waals surface area (Å²) in [6.07, 6.45) is 2.52. The second-order valence-corrected chi connectivity index (χ2v) is 6.17. The van der Waals surface area contributed by atoms with Crippen LogP contribution in [0.3, 0.4) is 0 Å². The van der Waals surface area contributed by atoms with Crippen LogP contribution in [0.4, 0.5) is 0 Å². The van der Waals surface area contributed by atoms with Gasteiger partial charge in [-0.15, -0.1) is 0 Å². The molecular weight excluding hydrogens is 324 g/mol. The first kappa shape index (κ1) is 18.7. The van der Waals surface area contributed by atoms with Gasteiger partial charge < -0.3 is 20.1 Å². The smallest absolute Gasteiger partial charge is 0.232 e. The molecule has 0 aliphatic heterocycles. The minimum atomic E-state index is -1.12. The summed E-state index contributed by atoms with van der Waals surface area (Å²) >= 11 is 0. The number of rotatable bonds is 6. The summed E-state index contributed by atoms with van der Waals surface area (Å²) in [4.78, 5) is 24.8. The molecule has 0 radical (unpaired) electrons. The molecule has 0 unspecified atom stereocenters. The summed E-state index contributed by atoms with van der Waals surface area (Å²) in [5.41, 5.74) is 0.378. The fraction of sp³-hybridized carbons (Fsp3) is 0.368. The van der Waals surface area contributed by atoms with Gasteiger partial charge >= 0.3 is 0 Å². The van der Waals surface area contributed by atoms with E-state index in [0.717, 1.165) is 17.7 Å². The summed E-state index contributed by atoms with van der Waals surface area (Å²) in [5.74, 6) is -2.44. The van der Waals surface area contributed by atoms with Crippen molar-refractivity contribution in [3.63, 3.8) is 0 Å². The summed E-state index contributed by atoms with van der Waals surface area (Å²) < 4.78 is 5.25. The number of aromatic hydroxyl groups is 2. The van der Waals surface area contributed by atoms with Gasteiger partial charge in [0, 0.05) is 11.6 Å². The number of aliphatic hydroxyl groups is 1. The SMILES string of the molecule is CCCOC1=CC(=O)c2c(O)c([C@H](O)CC=C(C)C)cc(O)c2C1=O. The van der Waals surface area contributed by atoms with Crippen LogP contribution < -0.4 is 0 Å². The molecule has 0 spiro atoms. The van der Waals surface area contributed by atoms with E-state index in [1.54, 1.807) is 6.08 Å². The maximum atomic E-state index is 12.4. The number of ketones is 2. The summed E-state index contributed by atoms with van der Waals surface area (Å²) in [6.45, 7) is 5.84. The molecule has 1 aliphatic rings. The van der Waals surface area contributed by atoms with Crippen LogP contribution >= 0.6 is 0 Å². The molecule has 1 aromatic rings. The van der Waals surface area contributed by atoms with Crippen molar-refractivity contribution < 1.29 is 29.6 Å². The van der Waals surface area contributed by atoms with Crippen LogP contribution in [-0.2, 0) is 4.74 Å². The number of hydrogen-bond acceptors (Lipinski definition) is 6. The second kappa shape index (κ2) is 7.53. The maximum Gasteiger partial charge on any atom is 0.232 e. The predicted molar refractivity (Wildman–Crippen MR) is 91.8 cm³/mol. The Labute approximate surface area is 146 Å². The third kappa shape index (κ3) is 3.74. The highest BCUT2D eigenvalue weighted by molar-refractivity contribution is 6.26. The van der Waals surface area contributed by atoms with Crippen molar-refractivity contribution in [2.24, 2.45) is 0 Å². The predicted octanol–water partition coefficient (Wildman–Crippen LogP) is 3.18. The molecule has 0 saturated heterocycles. The Bertz CT molecular complexity index is 769. The Balaban J connectivity index is 2.49. The zero-order chi connectivity index (χ0) is 18.7. The normalized spacial score (nSPS) is 14.6. The fourth-order valence-electron chi connectivity index (χ4n) is 2.58. The van der Waals surface area contributed by atoms with E-state index in [1.807, 2.05) is 20.8 Å². The number of ether oxygens (including phenoxy) is 1. The van der Waals surface area contributed by atoms with Crippen LogP contribution in [0.15, 0.2) is 29.6 Å². The van der Waals surface area contributed by atoms with E-state index < -0.39 is 29.2 Å². The Hall–Kier alpha value is -2.60. The van der Waals surface area contributed by atoms with Crippen molar-refractivity contribution in [1.82, 2.24) is 0 Å². The topological polar surface area (TPSA) is 104 Å². The highest BCUT2D eigenvalue weighted by Crippen LogP contribution is 2.41. The van der Waals surface area contributed by atoms with E-state index in [0.29, 0.717) is 6.42 Å². The molecule has 6 heteroatoms. The Morgan fingerprint density at radius 1 is 1.24 bits per heavy atom. The first-order valence-corrected chi connectivity index (χ1v) is 8.11. The average Bonchev–Trinajstić information content (AvgIpc) is 2.56. The minimum Gasteiger partial charge on any atom is -0.507 e. The van der Waals surface area contributed by atoms with Gasteiger partial charge in [0.25, 0.3) is 0 Å². The number of phenols is 2. The maximum absolute atomic E-state index is 12.4. The molecule has 0 amide bonds. The molecule has 3 N–H and O–H groups in total. The van der Waals surface area contributed by atoms with E-state index in [2.05, 4.69) is 0 Å². The number of phenolic OH excluding ortho intramolecular Hbond substituents is 2. The molecule has 6 nitrogen and oxygen atoms in total. The molecule has 0 aromatic heterocycles. The van der Waals surface area contributed by atoms with E-state index in [-0.39, 0.29) is 35.5 Å². The average molecular weight is 346 g/mol. The largest absolute Gasteiger partial charge is 0.507 e.